The van der Waals surface area contributed by atoms with Gasteiger partial charge in [-0.05, 0) is 37.1 Å². The van der Waals surface area contributed by atoms with Gasteiger partial charge in [0.2, 0.25) is 0 Å². The Hall–Kier alpha value is -2.62. The maximum atomic E-state index is 10.6. The Labute approximate surface area is 117 Å². The van der Waals surface area contributed by atoms with Crippen LogP contribution in [0.5, 0.6) is 0 Å². The number of carbonyl (C=O) groups excluding carboxylic acids is 1. The second-order valence-corrected chi connectivity index (χ2v) is 4.54. The van der Waals surface area contributed by atoms with Crippen molar-refractivity contribution in [2.45, 2.75) is 13.8 Å². The number of nitrogens with one attached hydrogen (secondary N) is 1. The second kappa shape index (κ2) is 6.02. The summed E-state index contributed by atoms with van der Waals surface area (Å²) >= 11 is 0. The van der Waals surface area contributed by atoms with Crippen LogP contribution < -0.4 is 10.5 Å². The van der Waals surface area contributed by atoms with Gasteiger partial charge in [-0.1, -0.05) is 42.0 Å². The summed E-state index contributed by atoms with van der Waals surface area (Å²) in [5.41, 5.74) is 6.86. The molecule has 0 amide bonds. The maximum Gasteiger partial charge on any atom is 0.0715 e. The zero-order chi connectivity index (χ0) is 14.5. The number of hydrazone groups is 1. The number of nitrogens with zero attached hydrogens (tertiary/aromatic N) is 1. The highest BCUT2D eigenvalue weighted by Crippen LogP contribution is 2.10. The number of rotatable bonds is 4. The normalized spacial score (nSPS) is 11.2. The highest BCUT2D eigenvalue weighted by Gasteiger charge is 1.98. The lowest BCUT2D eigenvalue weighted by atomic mass is 10.1. The van der Waals surface area contributed by atoms with E-state index in [1.54, 1.807) is 12.1 Å². The van der Waals surface area contributed by atoms with Crippen LogP contribution >= 0.6 is 0 Å². The number of aryl methyl sites for hydroxylation is 1. The fourth-order valence-corrected chi connectivity index (χ4v) is 1.69. The predicted molar refractivity (Wildman–Crippen MR) is 77.8 cm³/mol. The van der Waals surface area contributed by atoms with Crippen LogP contribution in [0.3, 0.4) is 0 Å². The molecular weight excluding hydrogens is 252 g/mol. The van der Waals surface area contributed by atoms with Gasteiger partial charge in [-0.3, -0.25) is 5.43 Å². The van der Waals surface area contributed by atoms with Crippen LogP contribution in [-0.4, -0.2) is 11.7 Å². The van der Waals surface area contributed by atoms with Gasteiger partial charge in [0.25, 0.3) is 0 Å². The lowest BCUT2D eigenvalue weighted by molar-refractivity contribution is -0.255. The van der Waals surface area contributed by atoms with E-state index < -0.39 is 5.97 Å². The Morgan fingerprint density at radius 3 is 2.10 bits per heavy atom. The van der Waals surface area contributed by atoms with E-state index in [-0.39, 0.29) is 5.56 Å². The van der Waals surface area contributed by atoms with Crippen LogP contribution in [0.4, 0.5) is 5.69 Å². The molecular formula is C16H15N2O2-. The molecule has 0 heterocycles. The van der Waals surface area contributed by atoms with Gasteiger partial charge in [-0.15, -0.1) is 0 Å². The van der Waals surface area contributed by atoms with Crippen molar-refractivity contribution in [3.05, 3.63) is 65.2 Å². The summed E-state index contributed by atoms with van der Waals surface area (Å²) in [7, 11) is 0. The van der Waals surface area contributed by atoms with Crippen molar-refractivity contribution in [3.63, 3.8) is 0 Å². The van der Waals surface area contributed by atoms with Crippen molar-refractivity contribution in [3.8, 4) is 0 Å². The zero-order valence-corrected chi connectivity index (χ0v) is 11.4. The molecule has 1 N–H and O–H groups in total. The van der Waals surface area contributed by atoms with Crippen LogP contribution in [0.15, 0.2) is 53.6 Å². The van der Waals surface area contributed by atoms with Crippen LogP contribution in [0, 0.1) is 6.92 Å². The molecule has 20 heavy (non-hydrogen) atoms. The molecule has 0 fully saturated rings. The SMILES string of the molecule is C/C(=N/Nc1ccc(C(=O)[O-])cc1)c1ccc(C)cc1. The molecule has 0 bridgehead atoms. The van der Waals surface area contributed by atoms with E-state index in [1.165, 1.54) is 17.7 Å². The van der Waals surface area contributed by atoms with E-state index in [9.17, 15) is 9.90 Å². The van der Waals surface area contributed by atoms with Gasteiger partial charge in [0, 0.05) is 0 Å². The number of benzene rings is 2. The molecule has 2 rings (SSSR count). The molecule has 0 saturated carbocycles. The van der Waals surface area contributed by atoms with Crippen molar-refractivity contribution < 1.29 is 9.90 Å². The molecule has 0 atom stereocenters. The zero-order valence-electron chi connectivity index (χ0n) is 11.4. The average molecular weight is 267 g/mol. The standard InChI is InChI=1S/C16H16N2O2/c1-11-3-5-13(6-4-11)12(2)17-18-15-9-7-14(8-10-15)16(19)20/h3-10,18H,1-2H3,(H,19,20)/p-1/b17-12-. The number of anilines is 1. The Balaban J connectivity index is 2.08. The number of carboxylic acid groups (broad SMARTS) is 1. The number of aromatic carboxylic acids is 1. The first-order chi connectivity index (χ1) is 9.56. The van der Waals surface area contributed by atoms with Gasteiger partial charge < -0.3 is 9.90 Å². The average Bonchev–Trinajstić information content (AvgIpc) is 2.46. The van der Waals surface area contributed by atoms with Gasteiger partial charge in [-0.2, -0.15) is 5.10 Å². The fraction of sp³-hybridized carbons (Fsp3) is 0.125. The van der Waals surface area contributed by atoms with Gasteiger partial charge in [0.15, 0.2) is 0 Å². The number of hydrogen-bond acceptors (Lipinski definition) is 4. The number of carboxylic acids is 1. The van der Waals surface area contributed by atoms with Gasteiger partial charge in [0.1, 0.15) is 0 Å². The summed E-state index contributed by atoms with van der Waals surface area (Å²) in [6.07, 6.45) is 0. The van der Waals surface area contributed by atoms with E-state index in [1.807, 2.05) is 38.1 Å². The quantitative estimate of drug-likeness (QED) is 0.682. The molecule has 2 aromatic rings. The summed E-state index contributed by atoms with van der Waals surface area (Å²) in [5, 5.41) is 14.9. The molecule has 0 spiro atoms. The van der Waals surface area contributed by atoms with E-state index >= 15 is 0 Å². The molecule has 4 nitrogen and oxygen atoms in total. The summed E-state index contributed by atoms with van der Waals surface area (Å²) in [6.45, 7) is 3.95. The monoisotopic (exact) mass is 267 g/mol. The minimum Gasteiger partial charge on any atom is -0.545 e. The van der Waals surface area contributed by atoms with Gasteiger partial charge in [-0.25, -0.2) is 0 Å². The third-order valence-electron chi connectivity index (χ3n) is 2.94. The molecule has 0 aliphatic carbocycles. The molecule has 0 unspecified atom stereocenters. The lowest BCUT2D eigenvalue weighted by Gasteiger charge is -2.06. The molecule has 0 saturated heterocycles. The molecule has 0 radical (unpaired) electrons. The number of carbonyl (C=O) groups is 1. The predicted octanol–water partition coefficient (Wildman–Crippen LogP) is 2.19. The van der Waals surface area contributed by atoms with E-state index in [4.69, 9.17) is 0 Å². The minimum absolute atomic E-state index is 0.148. The van der Waals surface area contributed by atoms with E-state index in [0.29, 0.717) is 0 Å². The first kappa shape index (κ1) is 13.8. The Morgan fingerprint density at radius 1 is 1.00 bits per heavy atom. The summed E-state index contributed by atoms with van der Waals surface area (Å²) in [5.74, 6) is -1.18. The van der Waals surface area contributed by atoms with Crippen molar-refractivity contribution in [2.24, 2.45) is 5.10 Å². The second-order valence-electron chi connectivity index (χ2n) is 4.54. The van der Waals surface area contributed by atoms with Crippen LogP contribution in [0.2, 0.25) is 0 Å². The minimum atomic E-state index is -1.18. The first-order valence-corrected chi connectivity index (χ1v) is 6.25. The maximum absolute atomic E-state index is 10.6. The topological polar surface area (TPSA) is 64.5 Å². The highest BCUT2D eigenvalue weighted by molar-refractivity contribution is 5.99. The largest absolute Gasteiger partial charge is 0.545 e. The summed E-state index contributed by atoms with van der Waals surface area (Å²) < 4.78 is 0. The molecule has 0 aliphatic heterocycles. The third kappa shape index (κ3) is 3.45. The lowest BCUT2D eigenvalue weighted by Crippen LogP contribution is -2.21. The highest BCUT2D eigenvalue weighted by atomic mass is 16.4. The van der Waals surface area contributed by atoms with Crippen molar-refractivity contribution in [1.82, 2.24) is 0 Å². The Kier molecular flexibility index (Phi) is 4.15. The van der Waals surface area contributed by atoms with Crippen molar-refractivity contribution in [2.75, 3.05) is 5.43 Å². The van der Waals surface area contributed by atoms with Crippen molar-refractivity contribution in [1.29, 1.82) is 0 Å². The Bertz CT molecular complexity index is 629. The summed E-state index contributed by atoms with van der Waals surface area (Å²) in [4.78, 5) is 10.6. The smallest absolute Gasteiger partial charge is 0.0715 e. The molecule has 4 heteroatoms. The van der Waals surface area contributed by atoms with Crippen LogP contribution in [0.1, 0.15) is 28.4 Å². The van der Waals surface area contributed by atoms with Crippen LogP contribution in [-0.2, 0) is 0 Å². The summed E-state index contributed by atoms with van der Waals surface area (Å²) in [6, 6.07) is 14.3. The van der Waals surface area contributed by atoms with Crippen LogP contribution in [0.25, 0.3) is 0 Å². The molecule has 2 aromatic carbocycles. The molecule has 102 valence electrons. The van der Waals surface area contributed by atoms with Gasteiger partial charge >= 0.3 is 0 Å². The van der Waals surface area contributed by atoms with Gasteiger partial charge in [0.05, 0.1) is 17.4 Å². The number of hydrogen-bond donors (Lipinski definition) is 1. The van der Waals surface area contributed by atoms with Crippen molar-refractivity contribution >= 4 is 17.4 Å². The first-order valence-electron chi connectivity index (χ1n) is 6.25. The molecule has 0 aromatic heterocycles. The molecule has 0 aliphatic rings. The Morgan fingerprint density at radius 2 is 1.55 bits per heavy atom. The third-order valence-corrected chi connectivity index (χ3v) is 2.94. The van der Waals surface area contributed by atoms with E-state index in [2.05, 4.69) is 10.5 Å². The fourth-order valence-electron chi connectivity index (χ4n) is 1.69. The van der Waals surface area contributed by atoms with E-state index in [0.717, 1.165) is 17.0 Å².